The summed E-state index contributed by atoms with van der Waals surface area (Å²) >= 11 is 0. The molecule has 0 unspecified atom stereocenters. The van der Waals surface area contributed by atoms with Gasteiger partial charge < -0.3 is 10.2 Å². The molecule has 8 nitrogen and oxygen atoms in total. The molecule has 1 aromatic rings. The molecule has 1 N–H and O–H groups in total. The molecule has 11 heteroatoms. The Balaban J connectivity index is 1.52. The number of nitrogens with zero attached hydrogens (tertiary/aromatic N) is 4. The second-order valence-corrected chi connectivity index (χ2v) is 7.12. The Kier molecular flexibility index (Phi) is 6.40. The van der Waals surface area contributed by atoms with Crippen molar-refractivity contribution in [3.05, 3.63) is 29.8 Å². The van der Waals surface area contributed by atoms with Gasteiger partial charge in [0.2, 0.25) is 11.8 Å². The third kappa shape index (κ3) is 5.15. The van der Waals surface area contributed by atoms with Crippen LogP contribution in [0.2, 0.25) is 0 Å². The number of amides is 3. The van der Waals surface area contributed by atoms with E-state index in [1.807, 2.05) is 0 Å². The average Bonchev–Trinajstić information content (AvgIpc) is 2.69. The lowest BCUT2D eigenvalue weighted by molar-refractivity contribution is -0.137. The Labute approximate surface area is 171 Å². The second kappa shape index (κ2) is 8.82. The molecule has 0 bridgehead atoms. The van der Waals surface area contributed by atoms with Crippen molar-refractivity contribution in [2.75, 3.05) is 45.1 Å². The van der Waals surface area contributed by atoms with Gasteiger partial charge in [-0.3, -0.25) is 19.3 Å². The van der Waals surface area contributed by atoms with E-state index in [4.69, 9.17) is 0 Å². The van der Waals surface area contributed by atoms with Crippen LogP contribution in [-0.2, 0) is 20.6 Å². The molecule has 0 aromatic heterocycles. The summed E-state index contributed by atoms with van der Waals surface area (Å²) in [5.41, 5.74) is -0.852. The van der Waals surface area contributed by atoms with Crippen molar-refractivity contribution in [2.45, 2.75) is 19.0 Å². The van der Waals surface area contributed by atoms with Gasteiger partial charge in [0.25, 0.3) is 5.91 Å². The molecule has 0 atom stereocenters. The topological polar surface area (TPSA) is 85.3 Å². The first-order valence-corrected chi connectivity index (χ1v) is 9.47. The predicted octanol–water partition coefficient (Wildman–Crippen LogP) is 1.40. The first-order chi connectivity index (χ1) is 14.1. The van der Waals surface area contributed by atoms with Gasteiger partial charge in [0, 0.05) is 46.1 Å². The van der Waals surface area contributed by atoms with Crippen LogP contribution in [0, 0.1) is 0 Å². The minimum Gasteiger partial charge on any atom is -0.335 e. The van der Waals surface area contributed by atoms with Crippen LogP contribution in [0.15, 0.2) is 29.4 Å². The van der Waals surface area contributed by atoms with Crippen molar-refractivity contribution in [1.82, 2.24) is 14.8 Å². The molecule has 30 heavy (non-hydrogen) atoms. The number of benzene rings is 1. The monoisotopic (exact) mass is 425 g/mol. The Hall–Kier alpha value is -2.95. The molecule has 3 rings (SSSR count). The van der Waals surface area contributed by atoms with Gasteiger partial charge in [-0.25, -0.2) is 5.01 Å². The predicted molar refractivity (Wildman–Crippen MR) is 103 cm³/mol. The largest absolute Gasteiger partial charge is 0.418 e. The molecule has 2 aliphatic rings. The van der Waals surface area contributed by atoms with Crippen molar-refractivity contribution in [1.29, 1.82) is 0 Å². The standard InChI is InChI=1S/C19H22F3N5O3/c1-25-17(29)7-6-15(24-25)18(30)27-10-8-26(9-11-27)12-16(28)23-14-5-3-2-4-13(14)19(20,21)22/h2-5H,6-12H2,1H3,(H,23,28). The maximum Gasteiger partial charge on any atom is 0.418 e. The van der Waals surface area contributed by atoms with Gasteiger partial charge in [-0.15, -0.1) is 0 Å². The van der Waals surface area contributed by atoms with Crippen molar-refractivity contribution >= 4 is 29.1 Å². The van der Waals surface area contributed by atoms with Crippen LogP contribution >= 0.6 is 0 Å². The molecule has 0 saturated carbocycles. The lowest BCUT2D eigenvalue weighted by atomic mass is 10.1. The highest BCUT2D eigenvalue weighted by molar-refractivity contribution is 6.39. The number of hydrogen-bond acceptors (Lipinski definition) is 5. The molecular formula is C19H22F3N5O3. The summed E-state index contributed by atoms with van der Waals surface area (Å²) in [4.78, 5) is 39.6. The van der Waals surface area contributed by atoms with Gasteiger partial charge in [0.05, 0.1) is 17.8 Å². The van der Waals surface area contributed by atoms with Crippen molar-refractivity contribution in [3.63, 3.8) is 0 Å². The zero-order chi connectivity index (χ0) is 21.9. The highest BCUT2D eigenvalue weighted by Gasteiger charge is 2.34. The van der Waals surface area contributed by atoms with Gasteiger partial charge in [0.1, 0.15) is 5.71 Å². The molecule has 2 heterocycles. The number of para-hydroxylation sites is 1. The van der Waals surface area contributed by atoms with Gasteiger partial charge in [0.15, 0.2) is 0 Å². The third-order valence-electron chi connectivity index (χ3n) is 4.99. The van der Waals surface area contributed by atoms with Gasteiger partial charge >= 0.3 is 6.18 Å². The van der Waals surface area contributed by atoms with E-state index in [1.165, 1.54) is 25.2 Å². The Morgan fingerprint density at radius 1 is 1.10 bits per heavy atom. The van der Waals surface area contributed by atoms with Crippen molar-refractivity contribution in [2.24, 2.45) is 5.10 Å². The quantitative estimate of drug-likeness (QED) is 0.790. The van der Waals surface area contributed by atoms with E-state index in [9.17, 15) is 27.6 Å². The van der Waals surface area contributed by atoms with Crippen LogP contribution < -0.4 is 5.32 Å². The normalized spacial score (nSPS) is 18.3. The zero-order valence-electron chi connectivity index (χ0n) is 16.4. The molecule has 1 aromatic carbocycles. The fraction of sp³-hybridized carbons (Fsp3) is 0.474. The van der Waals surface area contributed by atoms with Gasteiger partial charge in [-0.05, 0) is 12.1 Å². The average molecular weight is 425 g/mol. The highest BCUT2D eigenvalue weighted by atomic mass is 19.4. The van der Waals surface area contributed by atoms with E-state index in [0.717, 1.165) is 11.1 Å². The van der Waals surface area contributed by atoms with Crippen molar-refractivity contribution in [3.8, 4) is 0 Å². The zero-order valence-corrected chi connectivity index (χ0v) is 16.4. The molecule has 3 amide bonds. The molecule has 0 spiro atoms. The maximum atomic E-state index is 13.0. The molecular weight excluding hydrogens is 403 g/mol. The van der Waals surface area contributed by atoms with Crippen molar-refractivity contribution < 1.29 is 27.6 Å². The number of carbonyl (C=O) groups is 3. The van der Waals surface area contributed by atoms with E-state index in [0.29, 0.717) is 38.3 Å². The first kappa shape index (κ1) is 21.8. The van der Waals surface area contributed by atoms with Crippen LogP contribution in [0.5, 0.6) is 0 Å². The number of hydrogen-bond donors (Lipinski definition) is 1. The van der Waals surface area contributed by atoms with E-state index in [-0.39, 0.29) is 30.5 Å². The van der Waals surface area contributed by atoms with Crippen LogP contribution in [0.4, 0.5) is 18.9 Å². The first-order valence-electron chi connectivity index (χ1n) is 9.47. The number of rotatable bonds is 4. The summed E-state index contributed by atoms with van der Waals surface area (Å²) in [5.74, 6) is -0.935. The number of hydrazone groups is 1. The number of alkyl halides is 3. The maximum absolute atomic E-state index is 13.0. The lowest BCUT2D eigenvalue weighted by Crippen LogP contribution is -2.52. The van der Waals surface area contributed by atoms with Crippen LogP contribution in [0.25, 0.3) is 0 Å². The van der Waals surface area contributed by atoms with Gasteiger partial charge in [-0.2, -0.15) is 18.3 Å². The summed E-state index contributed by atoms with van der Waals surface area (Å²) in [5, 5.41) is 7.50. The lowest BCUT2D eigenvalue weighted by Gasteiger charge is -2.35. The minimum absolute atomic E-state index is 0.0770. The minimum atomic E-state index is -4.56. The Morgan fingerprint density at radius 2 is 1.77 bits per heavy atom. The van der Waals surface area contributed by atoms with E-state index in [1.54, 1.807) is 9.80 Å². The van der Waals surface area contributed by atoms with Crippen LogP contribution in [-0.4, -0.2) is 78.0 Å². The second-order valence-electron chi connectivity index (χ2n) is 7.12. The van der Waals surface area contributed by atoms with E-state index in [2.05, 4.69) is 10.4 Å². The number of carbonyl (C=O) groups excluding carboxylic acids is 3. The Morgan fingerprint density at radius 3 is 2.40 bits per heavy atom. The molecule has 2 aliphatic heterocycles. The van der Waals surface area contributed by atoms with E-state index < -0.39 is 17.6 Å². The summed E-state index contributed by atoms with van der Waals surface area (Å²) in [6.45, 7) is 1.46. The summed E-state index contributed by atoms with van der Waals surface area (Å²) in [7, 11) is 1.50. The van der Waals surface area contributed by atoms with Gasteiger partial charge in [-0.1, -0.05) is 12.1 Å². The number of piperazine rings is 1. The third-order valence-corrected chi connectivity index (χ3v) is 4.99. The number of halogens is 3. The fourth-order valence-electron chi connectivity index (χ4n) is 3.35. The Bertz CT molecular complexity index is 863. The number of nitrogens with one attached hydrogen (secondary N) is 1. The van der Waals surface area contributed by atoms with Crippen LogP contribution in [0.1, 0.15) is 18.4 Å². The summed E-state index contributed by atoms with van der Waals surface area (Å²) in [6.07, 6.45) is -4.03. The molecule has 0 aliphatic carbocycles. The smallest absolute Gasteiger partial charge is 0.335 e. The molecule has 1 fully saturated rings. The highest BCUT2D eigenvalue weighted by Crippen LogP contribution is 2.34. The van der Waals surface area contributed by atoms with E-state index >= 15 is 0 Å². The SMILES string of the molecule is CN1N=C(C(=O)N2CCN(CC(=O)Nc3ccccc3C(F)(F)F)CC2)CCC1=O. The fourth-order valence-corrected chi connectivity index (χ4v) is 3.35. The molecule has 1 saturated heterocycles. The molecule has 0 radical (unpaired) electrons. The summed E-state index contributed by atoms with van der Waals surface area (Å²) in [6, 6.07) is 4.82. The summed E-state index contributed by atoms with van der Waals surface area (Å²) < 4.78 is 39.1. The van der Waals surface area contributed by atoms with Crippen LogP contribution in [0.3, 0.4) is 0 Å². The molecule has 162 valence electrons. The number of anilines is 1.